The Morgan fingerprint density at radius 1 is 1.19 bits per heavy atom. The Hall–Kier alpha value is -2.85. The number of halogens is 2. The zero-order chi connectivity index (χ0) is 21.5. The second-order valence-corrected chi connectivity index (χ2v) is 8.82. The lowest BCUT2D eigenvalue weighted by atomic mass is 10.1. The summed E-state index contributed by atoms with van der Waals surface area (Å²) in [6, 6.07) is 4.77. The van der Waals surface area contributed by atoms with Crippen LogP contribution < -0.4 is 15.5 Å². The van der Waals surface area contributed by atoms with E-state index >= 15 is 0 Å². The lowest BCUT2D eigenvalue weighted by molar-refractivity contribution is 0.167. The fourth-order valence-electron chi connectivity index (χ4n) is 4.07. The summed E-state index contributed by atoms with van der Waals surface area (Å²) in [5.74, 6) is -0.0253. The molecule has 2 aliphatic heterocycles. The molecule has 3 aromatic rings. The van der Waals surface area contributed by atoms with E-state index < -0.39 is 18.2 Å². The fraction of sp³-hybridized carbons (Fsp3) is 0.381. The van der Waals surface area contributed by atoms with Crippen LogP contribution in [0, 0.1) is 5.82 Å². The molecule has 1 unspecified atom stereocenters. The molecule has 4 heterocycles. The summed E-state index contributed by atoms with van der Waals surface area (Å²) in [6.07, 6.45) is 3.43. The molecule has 3 N–H and O–H groups in total. The summed E-state index contributed by atoms with van der Waals surface area (Å²) in [6.45, 7) is 1.48. The first-order valence-corrected chi connectivity index (χ1v) is 11.0. The molecule has 0 saturated carbocycles. The molecular weight excluding hydrogens is 422 g/mol. The third-order valence-corrected chi connectivity index (χ3v) is 6.88. The molecule has 1 saturated heterocycles. The van der Waals surface area contributed by atoms with E-state index in [2.05, 4.69) is 15.0 Å². The summed E-state index contributed by atoms with van der Waals surface area (Å²) < 4.78 is 28.2. The summed E-state index contributed by atoms with van der Waals surface area (Å²) in [7, 11) is 0. The Morgan fingerprint density at radius 3 is 2.77 bits per heavy atom. The average molecular weight is 445 g/mol. The Kier molecular flexibility index (Phi) is 5.19. The van der Waals surface area contributed by atoms with Gasteiger partial charge in [0.15, 0.2) is 12.0 Å². The van der Waals surface area contributed by atoms with Gasteiger partial charge in [-0.2, -0.15) is 0 Å². The van der Waals surface area contributed by atoms with Gasteiger partial charge in [0.25, 0.3) is 0 Å². The van der Waals surface area contributed by atoms with Crippen LogP contribution in [0.15, 0.2) is 30.6 Å². The number of piperidine rings is 1. The number of fused-ring (bicyclic) bond motifs is 1. The quantitative estimate of drug-likeness (QED) is 0.599. The molecule has 31 heavy (non-hydrogen) atoms. The number of hydrogen-bond donors (Lipinski definition) is 2. The number of anilines is 3. The molecule has 0 bridgehead atoms. The molecule has 2 atom stereocenters. The van der Waals surface area contributed by atoms with Crippen molar-refractivity contribution in [3.63, 3.8) is 0 Å². The molecule has 10 heteroatoms. The van der Waals surface area contributed by atoms with E-state index in [-0.39, 0.29) is 11.4 Å². The van der Waals surface area contributed by atoms with Gasteiger partial charge in [0.05, 0.1) is 28.5 Å². The maximum Gasteiger partial charge on any atom is 0.225 e. The molecule has 2 aliphatic rings. The van der Waals surface area contributed by atoms with Crippen molar-refractivity contribution < 1.29 is 13.9 Å². The first-order valence-electron chi connectivity index (χ1n) is 10.2. The van der Waals surface area contributed by atoms with Crippen molar-refractivity contribution in [1.82, 2.24) is 15.0 Å². The SMILES string of the molecule is Nc1cccc(N2CCc3nc(-c4cnc(N5CCC[C@H](F)C5)nc4)sc3C2O)c1F. The van der Waals surface area contributed by atoms with Crippen LogP contribution in [0.5, 0.6) is 0 Å². The van der Waals surface area contributed by atoms with Gasteiger partial charge in [0.1, 0.15) is 11.2 Å². The number of aromatic nitrogens is 3. The lowest BCUT2D eigenvalue weighted by Gasteiger charge is -2.33. The Morgan fingerprint density at radius 2 is 2.00 bits per heavy atom. The van der Waals surface area contributed by atoms with E-state index in [1.807, 2.05) is 4.90 Å². The monoisotopic (exact) mass is 444 g/mol. The van der Waals surface area contributed by atoms with Gasteiger partial charge >= 0.3 is 0 Å². The van der Waals surface area contributed by atoms with Crippen LogP contribution >= 0.6 is 11.3 Å². The van der Waals surface area contributed by atoms with Gasteiger partial charge < -0.3 is 20.6 Å². The second-order valence-electron chi connectivity index (χ2n) is 7.78. The number of nitrogen functional groups attached to an aromatic ring is 1. The van der Waals surface area contributed by atoms with Crippen molar-refractivity contribution in [2.45, 2.75) is 31.7 Å². The van der Waals surface area contributed by atoms with Gasteiger partial charge in [-0.1, -0.05) is 6.07 Å². The van der Waals surface area contributed by atoms with E-state index in [9.17, 15) is 13.9 Å². The van der Waals surface area contributed by atoms with E-state index in [0.29, 0.717) is 41.8 Å². The van der Waals surface area contributed by atoms with Gasteiger partial charge in [0, 0.05) is 37.5 Å². The van der Waals surface area contributed by atoms with E-state index in [1.165, 1.54) is 17.4 Å². The van der Waals surface area contributed by atoms with E-state index in [1.54, 1.807) is 29.4 Å². The number of nitrogens with two attached hydrogens (primary N) is 1. The largest absolute Gasteiger partial charge is 0.396 e. The Labute approximate surface area is 182 Å². The van der Waals surface area contributed by atoms with Crippen LogP contribution in [-0.4, -0.2) is 45.9 Å². The van der Waals surface area contributed by atoms with Crippen molar-refractivity contribution in [1.29, 1.82) is 0 Å². The number of rotatable bonds is 3. The predicted octanol–water partition coefficient (Wildman–Crippen LogP) is 3.31. The maximum atomic E-state index is 14.5. The highest BCUT2D eigenvalue weighted by atomic mass is 32.1. The maximum absolute atomic E-state index is 14.5. The van der Waals surface area contributed by atoms with Gasteiger partial charge in [-0.25, -0.2) is 23.7 Å². The molecular formula is C21H22F2N6OS. The molecule has 1 aromatic carbocycles. The highest BCUT2D eigenvalue weighted by Crippen LogP contribution is 2.39. The van der Waals surface area contributed by atoms with Crippen LogP contribution in [0.25, 0.3) is 10.6 Å². The fourth-order valence-corrected chi connectivity index (χ4v) is 5.16. The summed E-state index contributed by atoms with van der Waals surface area (Å²) >= 11 is 1.34. The third-order valence-electron chi connectivity index (χ3n) is 5.70. The standard InChI is InChI=1S/C21H22F2N6OS/c22-13-3-2-7-28(11-13)21-25-9-12(10-26-21)19-27-15-6-8-29(20(30)18(15)31-19)16-5-1-4-14(24)17(16)23/h1,4-5,9-10,13,20,30H,2-3,6-8,11,24H2/t13-,20?/m0/s1. The molecule has 0 radical (unpaired) electrons. The minimum absolute atomic E-state index is 0.0468. The van der Waals surface area contributed by atoms with Gasteiger partial charge in [0.2, 0.25) is 5.95 Å². The molecule has 7 nitrogen and oxygen atoms in total. The van der Waals surface area contributed by atoms with Crippen LogP contribution in [0.1, 0.15) is 29.6 Å². The number of aliphatic hydroxyl groups excluding tert-OH is 1. The zero-order valence-electron chi connectivity index (χ0n) is 16.7. The van der Waals surface area contributed by atoms with Gasteiger partial charge in [-0.3, -0.25) is 0 Å². The predicted molar refractivity (Wildman–Crippen MR) is 116 cm³/mol. The second kappa shape index (κ2) is 8.01. The molecule has 5 rings (SSSR count). The normalized spacial score (nSPS) is 21.3. The number of nitrogens with zero attached hydrogens (tertiary/aromatic N) is 5. The smallest absolute Gasteiger partial charge is 0.225 e. The van der Waals surface area contributed by atoms with Crippen molar-refractivity contribution in [3.8, 4) is 10.6 Å². The van der Waals surface area contributed by atoms with Crippen molar-refractivity contribution in [2.75, 3.05) is 35.2 Å². The number of aliphatic hydroxyl groups is 1. The number of alkyl halides is 1. The van der Waals surface area contributed by atoms with Crippen LogP contribution in [-0.2, 0) is 6.42 Å². The minimum atomic E-state index is -1.01. The highest BCUT2D eigenvalue weighted by molar-refractivity contribution is 7.15. The average Bonchev–Trinajstić information content (AvgIpc) is 3.22. The van der Waals surface area contributed by atoms with Crippen molar-refractivity contribution >= 4 is 28.7 Å². The third kappa shape index (κ3) is 3.70. The first-order chi connectivity index (χ1) is 15.0. The molecule has 2 aromatic heterocycles. The van der Waals surface area contributed by atoms with Gasteiger partial charge in [-0.15, -0.1) is 11.3 Å². The zero-order valence-corrected chi connectivity index (χ0v) is 17.5. The number of hydrogen-bond acceptors (Lipinski definition) is 8. The molecule has 162 valence electrons. The number of thiazole rings is 1. The van der Waals surface area contributed by atoms with Crippen LogP contribution in [0.3, 0.4) is 0 Å². The summed E-state index contributed by atoms with van der Waals surface area (Å²) in [5, 5.41) is 11.6. The topological polar surface area (TPSA) is 91.4 Å². The number of benzene rings is 1. The summed E-state index contributed by atoms with van der Waals surface area (Å²) in [4.78, 5) is 17.6. The highest BCUT2D eigenvalue weighted by Gasteiger charge is 2.31. The molecule has 0 spiro atoms. The Balaban J connectivity index is 1.39. The van der Waals surface area contributed by atoms with Crippen LogP contribution in [0.2, 0.25) is 0 Å². The molecule has 0 amide bonds. The summed E-state index contributed by atoms with van der Waals surface area (Å²) in [5.41, 5.74) is 7.52. The van der Waals surface area contributed by atoms with Crippen molar-refractivity contribution in [3.05, 3.63) is 47.0 Å². The van der Waals surface area contributed by atoms with E-state index in [4.69, 9.17) is 5.73 Å². The lowest BCUT2D eigenvalue weighted by Crippen LogP contribution is -2.37. The van der Waals surface area contributed by atoms with E-state index in [0.717, 1.165) is 24.2 Å². The first kappa shape index (κ1) is 20.1. The Bertz CT molecular complexity index is 1090. The molecule has 0 aliphatic carbocycles. The molecule has 1 fully saturated rings. The minimum Gasteiger partial charge on any atom is -0.396 e. The van der Waals surface area contributed by atoms with Crippen LogP contribution in [0.4, 0.5) is 26.1 Å². The van der Waals surface area contributed by atoms with Crippen molar-refractivity contribution in [2.24, 2.45) is 0 Å². The van der Waals surface area contributed by atoms with Gasteiger partial charge in [-0.05, 0) is 25.0 Å².